The van der Waals surface area contributed by atoms with Crippen LogP contribution in [-0.2, 0) is 9.59 Å². The fourth-order valence-electron chi connectivity index (χ4n) is 0.634. The van der Waals surface area contributed by atoms with E-state index in [4.69, 9.17) is 22.3 Å². The van der Waals surface area contributed by atoms with E-state index in [0.29, 0.717) is 17.9 Å². The average Bonchev–Trinajstić information content (AvgIpc) is 2.11. The Morgan fingerprint density at radius 3 is 2.29 bits per heavy atom. The summed E-state index contributed by atoms with van der Waals surface area (Å²) in [5.74, 6) is -0.698. The highest BCUT2D eigenvalue weighted by Crippen LogP contribution is 2.05. The number of aliphatic carboxylic acids is 1. The van der Waals surface area contributed by atoms with Gasteiger partial charge in [0.1, 0.15) is 6.04 Å². The summed E-state index contributed by atoms with van der Waals surface area (Å²) in [7, 11) is 0. The molecule has 14 heavy (non-hydrogen) atoms. The molecular formula is C7H15N3O3S. The second-order valence-corrected chi connectivity index (χ2v) is 3.97. The van der Waals surface area contributed by atoms with Crippen LogP contribution in [0.4, 0.5) is 0 Å². The fraction of sp³-hybridized carbons (Fsp3) is 0.714. The van der Waals surface area contributed by atoms with E-state index < -0.39 is 24.0 Å². The molecule has 0 bridgehead atoms. The number of hydrogen-bond acceptors (Lipinski definition) is 5. The number of carbonyl (C=O) groups is 2. The largest absolute Gasteiger partial charge is 0.480 e. The lowest BCUT2D eigenvalue weighted by molar-refractivity contribution is -0.137. The molecule has 82 valence electrons. The van der Waals surface area contributed by atoms with E-state index in [9.17, 15) is 9.59 Å². The van der Waals surface area contributed by atoms with Crippen LogP contribution in [0.2, 0.25) is 0 Å². The molecule has 0 rings (SSSR count). The van der Waals surface area contributed by atoms with Gasteiger partial charge in [-0.25, -0.2) is 0 Å². The van der Waals surface area contributed by atoms with Crippen LogP contribution in [0.25, 0.3) is 0 Å². The zero-order valence-electron chi connectivity index (χ0n) is 7.68. The molecule has 2 atom stereocenters. The maximum absolute atomic E-state index is 10.5. The minimum Gasteiger partial charge on any atom is -0.480 e. The number of rotatable bonds is 7. The van der Waals surface area contributed by atoms with E-state index in [2.05, 4.69) is 0 Å². The van der Waals surface area contributed by atoms with E-state index in [1.54, 1.807) is 0 Å². The summed E-state index contributed by atoms with van der Waals surface area (Å²) in [6.45, 7) is 0. The first-order valence-corrected chi connectivity index (χ1v) is 5.21. The second kappa shape index (κ2) is 6.63. The molecule has 0 radical (unpaired) electrons. The number of nitrogens with two attached hydrogens (primary N) is 3. The predicted octanol–water partition coefficient (Wildman–Crippen LogP) is -1.67. The fourth-order valence-corrected chi connectivity index (χ4v) is 1.62. The average molecular weight is 221 g/mol. The van der Waals surface area contributed by atoms with Gasteiger partial charge in [0.25, 0.3) is 0 Å². The molecule has 0 saturated heterocycles. The van der Waals surface area contributed by atoms with Gasteiger partial charge >= 0.3 is 5.97 Å². The van der Waals surface area contributed by atoms with Crippen LogP contribution in [0.3, 0.4) is 0 Å². The molecule has 1 amide bonds. The number of amides is 1. The molecule has 7 N–H and O–H groups in total. The SMILES string of the molecule is NC(=O)[C@@H](N)CCSCC(N)C(=O)O. The Kier molecular flexibility index (Phi) is 6.26. The number of thioether (sulfide) groups is 1. The normalized spacial score (nSPS) is 14.7. The third-order valence-electron chi connectivity index (χ3n) is 1.55. The van der Waals surface area contributed by atoms with Crippen molar-refractivity contribution in [1.29, 1.82) is 0 Å². The maximum atomic E-state index is 10.5. The molecule has 0 aliphatic heterocycles. The third-order valence-corrected chi connectivity index (χ3v) is 2.67. The van der Waals surface area contributed by atoms with Gasteiger partial charge in [0, 0.05) is 5.75 Å². The Balaban J connectivity index is 3.47. The number of carboxylic acids is 1. The van der Waals surface area contributed by atoms with Gasteiger partial charge in [-0.15, -0.1) is 0 Å². The van der Waals surface area contributed by atoms with Crippen LogP contribution >= 0.6 is 11.8 Å². The van der Waals surface area contributed by atoms with Crippen molar-refractivity contribution in [3.05, 3.63) is 0 Å². The topological polar surface area (TPSA) is 132 Å². The molecular weight excluding hydrogens is 206 g/mol. The van der Waals surface area contributed by atoms with Crippen LogP contribution in [-0.4, -0.2) is 40.6 Å². The van der Waals surface area contributed by atoms with E-state index in [1.807, 2.05) is 0 Å². The summed E-state index contributed by atoms with van der Waals surface area (Å²) in [5.41, 5.74) is 15.5. The molecule has 0 aromatic rings. The van der Waals surface area contributed by atoms with Crippen LogP contribution in [0.15, 0.2) is 0 Å². The van der Waals surface area contributed by atoms with E-state index in [1.165, 1.54) is 11.8 Å². The quantitative estimate of drug-likeness (QED) is 0.380. The van der Waals surface area contributed by atoms with Crippen molar-refractivity contribution in [2.24, 2.45) is 17.2 Å². The van der Waals surface area contributed by atoms with E-state index >= 15 is 0 Å². The highest BCUT2D eigenvalue weighted by Gasteiger charge is 2.12. The zero-order valence-corrected chi connectivity index (χ0v) is 8.50. The van der Waals surface area contributed by atoms with Crippen molar-refractivity contribution >= 4 is 23.6 Å². The number of carbonyl (C=O) groups excluding carboxylic acids is 1. The summed E-state index contributed by atoms with van der Waals surface area (Å²) < 4.78 is 0. The molecule has 0 aromatic heterocycles. The summed E-state index contributed by atoms with van der Waals surface area (Å²) in [6.07, 6.45) is 0.437. The van der Waals surface area contributed by atoms with Gasteiger partial charge in [0.15, 0.2) is 0 Å². The number of carboxylic acid groups (broad SMARTS) is 1. The minimum absolute atomic E-state index is 0.306. The summed E-state index contributed by atoms with van der Waals surface area (Å²) >= 11 is 1.34. The van der Waals surface area contributed by atoms with Crippen molar-refractivity contribution in [3.8, 4) is 0 Å². The molecule has 0 spiro atoms. The standard InChI is InChI=1S/C7H15N3O3S/c8-4(6(10)11)1-2-14-3-5(9)7(12)13/h4-5H,1-3,8-9H2,(H2,10,11)(H,12,13)/t4-,5?/m0/s1. The Labute approximate surface area is 86.2 Å². The van der Waals surface area contributed by atoms with Gasteiger partial charge in [-0.3, -0.25) is 9.59 Å². The highest BCUT2D eigenvalue weighted by molar-refractivity contribution is 7.99. The van der Waals surface area contributed by atoms with Gasteiger partial charge in [-0.2, -0.15) is 11.8 Å². The van der Waals surface area contributed by atoms with Crippen molar-refractivity contribution in [3.63, 3.8) is 0 Å². The third kappa shape index (κ3) is 5.79. The molecule has 0 aromatic carbocycles. The Morgan fingerprint density at radius 2 is 1.86 bits per heavy atom. The Bertz CT molecular complexity index is 190. The first-order chi connectivity index (χ1) is 6.45. The lowest BCUT2D eigenvalue weighted by Gasteiger charge is -2.08. The first-order valence-electron chi connectivity index (χ1n) is 4.06. The Hall–Kier alpha value is -0.790. The van der Waals surface area contributed by atoms with Crippen LogP contribution in [0.1, 0.15) is 6.42 Å². The van der Waals surface area contributed by atoms with Crippen molar-refractivity contribution in [2.45, 2.75) is 18.5 Å². The molecule has 0 saturated carbocycles. The van der Waals surface area contributed by atoms with Crippen molar-refractivity contribution in [1.82, 2.24) is 0 Å². The van der Waals surface area contributed by atoms with Crippen LogP contribution in [0, 0.1) is 0 Å². The molecule has 0 fully saturated rings. The summed E-state index contributed by atoms with van der Waals surface area (Å²) in [5, 5.41) is 8.44. The van der Waals surface area contributed by atoms with E-state index in [0.717, 1.165) is 0 Å². The molecule has 0 aliphatic carbocycles. The van der Waals surface area contributed by atoms with Gasteiger partial charge in [0.2, 0.25) is 5.91 Å². The molecule has 0 heterocycles. The predicted molar refractivity (Wildman–Crippen MR) is 54.7 cm³/mol. The molecule has 0 aliphatic rings. The highest BCUT2D eigenvalue weighted by atomic mass is 32.2. The Morgan fingerprint density at radius 1 is 1.29 bits per heavy atom. The maximum Gasteiger partial charge on any atom is 0.321 e. The minimum atomic E-state index is -1.03. The van der Waals surface area contributed by atoms with Gasteiger partial charge in [0.05, 0.1) is 6.04 Å². The van der Waals surface area contributed by atoms with Gasteiger partial charge in [-0.1, -0.05) is 0 Å². The zero-order chi connectivity index (χ0) is 11.1. The monoisotopic (exact) mass is 221 g/mol. The summed E-state index contributed by atoms with van der Waals surface area (Å²) in [6, 6.07) is -1.53. The lowest BCUT2D eigenvalue weighted by Crippen LogP contribution is -2.37. The van der Waals surface area contributed by atoms with Crippen LogP contribution < -0.4 is 17.2 Å². The molecule has 1 unspecified atom stereocenters. The first kappa shape index (κ1) is 13.2. The van der Waals surface area contributed by atoms with Crippen molar-refractivity contribution in [2.75, 3.05) is 11.5 Å². The molecule has 6 nitrogen and oxygen atoms in total. The van der Waals surface area contributed by atoms with E-state index in [-0.39, 0.29) is 0 Å². The van der Waals surface area contributed by atoms with Crippen LogP contribution in [0.5, 0.6) is 0 Å². The smallest absolute Gasteiger partial charge is 0.321 e. The lowest BCUT2D eigenvalue weighted by atomic mass is 10.2. The molecule has 7 heteroatoms. The van der Waals surface area contributed by atoms with Gasteiger partial charge < -0.3 is 22.3 Å². The number of primary amides is 1. The van der Waals surface area contributed by atoms with Crippen molar-refractivity contribution < 1.29 is 14.7 Å². The summed E-state index contributed by atoms with van der Waals surface area (Å²) in [4.78, 5) is 20.8. The number of hydrogen-bond donors (Lipinski definition) is 4. The van der Waals surface area contributed by atoms with Gasteiger partial charge in [-0.05, 0) is 12.2 Å². The second-order valence-electron chi connectivity index (χ2n) is 2.82.